The molecule has 1 aliphatic rings. The van der Waals surface area contributed by atoms with Crippen molar-refractivity contribution in [3.05, 3.63) is 0 Å². The van der Waals surface area contributed by atoms with Crippen LogP contribution in [0.5, 0.6) is 0 Å². The molecule has 0 aromatic heterocycles. The summed E-state index contributed by atoms with van der Waals surface area (Å²) in [7, 11) is 0. The molecule has 1 atom stereocenters. The van der Waals surface area contributed by atoms with Crippen molar-refractivity contribution in [3.8, 4) is 0 Å². The Bertz CT molecular complexity index is 189. The maximum Gasteiger partial charge on any atom is 0.126 e. The number of carbonyl (C=O) groups is 1. The quantitative estimate of drug-likeness (QED) is 0.647. The zero-order valence-electron chi connectivity index (χ0n) is 9.75. The minimum atomic E-state index is -0.173. The standard InChI is InChI=1S/C12H23NO/c1-11-5-4-7-13(8-6-11)9-12(2,3)10-14/h10-11H,4-9H2,1-3H3. The molecule has 2 heteroatoms. The van der Waals surface area contributed by atoms with Crippen LogP contribution >= 0.6 is 0 Å². The first-order valence-corrected chi connectivity index (χ1v) is 5.72. The van der Waals surface area contributed by atoms with Gasteiger partial charge in [-0.1, -0.05) is 20.8 Å². The fraction of sp³-hybridized carbons (Fsp3) is 0.917. The molecule has 1 unspecified atom stereocenters. The van der Waals surface area contributed by atoms with Crippen LogP contribution in [0.25, 0.3) is 0 Å². The van der Waals surface area contributed by atoms with E-state index in [-0.39, 0.29) is 5.41 Å². The average molecular weight is 197 g/mol. The highest BCUT2D eigenvalue weighted by Crippen LogP contribution is 2.20. The molecule has 0 aromatic rings. The number of hydrogen-bond donors (Lipinski definition) is 0. The lowest BCUT2D eigenvalue weighted by atomic mass is 9.95. The highest BCUT2D eigenvalue weighted by molar-refractivity contribution is 5.58. The van der Waals surface area contributed by atoms with Crippen molar-refractivity contribution >= 4 is 6.29 Å². The monoisotopic (exact) mass is 197 g/mol. The number of likely N-dealkylation sites (tertiary alicyclic amines) is 1. The van der Waals surface area contributed by atoms with Crippen LogP contribution in [0.15, 0.2) is 0 Å². The van der Waals surface area contributed by atoms with Crippen molar-refractivity contribution in [1.82, 2.24) is 4.90 Å². The van der Waals surface area contributed by atoms with Crippen LogP contribution in [-0.2, 0) is 4.79 Å². The maximum atomic E-state index is 10.8. The van der Waals surface area contributed by atoms with Crippen LogP contribution in [-0.4, -0.2) is 30.8 Å². The Kier molecular flexibility index (Phi) is 4.11. The van der Waals surface area contributed by atoms with Crippen LogP contribution in [0.3, 0.4) is 0 Å². The van der Waals surface area contributed by atoms with Crippen LogP contribution in [0.2, 0.25) is 0 Å². The molecular weight excluding hydrogens is 174 g/mol. The Balaban J connectivity index is 2.41. The van der Waals surface area contributed by atoms with Crippen LogP contribution in [0.1, 0.15) is 40.0 Å². The molecule has 0 amide bonds. The van der Waals surface area contributed by atoms with Gasteiger partial charge in [-0.05, 0) is 38.3 Å². The van der Waals surface area contributed by atoms with Gasteiger partial charge in [-0.3, -0.25) is 0 Å². The van der Waals surface area contributed by atoms with Crippen molar-refractivity contribution in [2.45, 2.75) is 40.0 Å². The van der Waals surface area contributed by atoms with E-state index in [9.17, 15) is 4.79 Å². The summed E-state index contributed by atoms with van der Waals surface area (Å²) >= 11 is 0. The van der Waals surface area contributed by atoms with E-state index < -0.39 is 0 Å². The van der Waals surface area contributed by atoms with E-state index in [0.29, 0.717) is 0 Å². The van der Waals surface area contributed by atoms with E-state index in [2.05, 4.69) is 11.8 Å². The third-order valence-electron chi connectivity index (χ3n) is 3.06. The fourth-order valence-electron chi connectivity index (χ4n) is 2.09. The van der Waals surface area contributed by atoms with Gasteiger partial charge in [0.15, 0.2) is 0 Å². The van der Waals surface area contributed by atoms with Crippen LogP contribution in [0.4, 0.5) is 0 Å². The molecule has 0 aromatic carbocycles. The summed E-state index contributed by atoms with van der Waals surface area (Å²) in [6, 6.07) is 0. The van der Waals surface area contributed by atoms with Gasteiger partial charge in [0.25, 0.3) is 0 Å². The molecular formula is C12H23NO. The van der Waals surface area contributed by atoms with E-state index in [4.69, 9.17) is 0 Å². The van der Waals surface area contributed by atoms with E-state index in [1.807, 2.05) is 13.8 Å². The summed E-state index contributed by atoms with van der Waals surface area (Å²) in [4.78, 5) is 13.3. The largest absolute Gasteiger partial charge is 0.303 e. The van der Waals surface area contributed by atoms with Crippen LogP contribution in [0, 0.1) is 11.3 Å². The molecule has 1 aliphatic heterocycles. The Morgan fingerprint density at radius 2 is 2.07 bits per heavy atom. The number of nitrogens with zero attached hydrogens (tertiary/aromatic N) is 1. The topological polar surface area (TPSA) is 20.3 Å². The van der Waals surface area contributed by atoms with Gasteiger partial charge in [-0.2, -0.15) is 0 Å². The smallest absolute Gasteiger partial charge is 0.126 e. The predicted octanol–water partition coefficient (Wildman–Crippen LogP) is 2.33. The Hall–Kier alpha value is -0.370. The molecule has 1 heterocycles. The Labute approximate surface area is 87.7 Å². The lowest BCUT2D eigenvalue weighted by Crippen LogP contribution is -2.35. The van der Waals surface area contributed by atoms with E-state index >= 15 is 0 Å². The Morgan fingerprint density at radius 3 is 2.71 bits per heavy atom. The van der Waals surface area contributed by atoms with Crippen molar-refractivity contribution in [2.75, 3.05) is 19.6 Å². The number of rotatable bonds is 3. The first-order valence-electron chi connectivity index (χ1n) is 5.72. The van der Waals surface area contributed by atoms with Gasteiger partial charge in [0.2, 0.25) is 0 Å². The van der Waals surface area contributed by atoms with E-state index in [1.54, 1.807) is 0 Å². The highest BCUT2D eigenvalue weighted by atomic mass is 16.1. The van der Waals surface area contributed by atoms with Crippen molar-refractivity contribution in [1.29, 1.82) is 0 Å². The maximum absolute atomic E-state index is 10.8. The molecule has 0 radical (unpaired) electrons. The second-order valence-electron chi connectivity index (χ2n) is 5.42. The zero-order chi connectivity index (χ0) is 10.6. The highest BCUT2D eigenvalue weighted by Gasteiger charge is 2.22. The molecule has 1 rings (SSSR count). The summed E-state index contributed by atoms with van der Waals surface area (Å²) in [6.45, 7) is 9.63. The molecule has 0 bridgehead atoms. The van der Waals surface area contributed by atoms with E-state index in [0.717, 1.165) is 18.7 Å². The minimum Gasteiger partial charge on any atom is -0.303 e. The molecule has 0 aliphatic carbocycles. The summed E-state index contributed by atoms with van der Waals surface area (Å²) in [6.07, 6.45) is 5.00. The van der Waals surface area contributed by atoms with Gasteiger partial charge in [-0.15, -0.1) is 0 Å². The second-order valence-corrected chi connectivity index (χ2v) is 5.42. The summed E-state index contributed by atoms with van der Waals surface area (Å²) < 4.78 is 0. The lowest BCUT2D eigenvalue weighted by Gasteiger charge is -2.27. The molecule has 1 fully saturated rings. The number of hydrogen-bond acceptors (Lipinski definition) is 2. The molecule has 14 heavy (non-hydrogen) atoms. The Morgan fingerprint density at radius 1 is 1.36 bits per heavy atom. The van der Waals surface area contributed by atoms with Crippen molar-refractivity contribution in [2.24, 2.45) is 11.3 Å². The average Bonchev–Trinajstić information content (AvgIpc) is 2.31. The van der Waals surface area contributed by atoms with Gasteiger partial charge in [-0.25, -0.2) is 0 Å². The molecule has 0 saturated carbocycles. The SMILES string of the molecule is CC1CCCN(CC(C)(C)C=O)CC1. The number of aldehydes is 1. The van der Waals surface area contributed by atoms with Gasteiger partial charge < -0.3 is 9.69 Å². The zero-order valence-corrected chi connectivity index (χ0v) is 9.75. The van der Waals surface area contributed by atoms with Crippen molar-refractivity contribution in [3.63, 3.8) is 0 Å². The summed E-state index contributed by atoms with van der Waals surface area (Å²) in [5, 5.41) is 0. The lowest BCUT2D eigenvalue weighted by molar-refractivity contribution is -0.115. The summed E-state index contributed by atoms with van der Waals surface area (Å²) in [5.74, 6) is 0.861. The fourth-order valence-corrected chi connectivity index (χ4v) is 2.09. The molecule has 82 valence electrons. The van der Waals surface area contributed by atoms with E-state index in [1.165, 1.54) is 32.4 Å². The molecule has 0 spiro atoms. The minimum absolute atomic E-state index is 0.173. The normalized spacial score (nSPS) is 25.8. The molecule has 2 nitrogen and oxygen atoms in total. The van der Waals surface area contributed by atoms with Gasteiger partial charge >= 0.3 is 0 Å². The first-order chi connectivity index (χ1) is 6.53. The van der Waals surface area contributed by atoms with Crippen LogP contribution < -0.4 is 0 Å². The van der Waals surface area contributed by atoms with Crippen molar-refractivity contribution < 1.29 is 4.79 Å². The predicted molar refractivity (Wildman–Crippen MR) is 59.3 cm³/mol. The molecule has 1 saturated heterocycles. The van der Waals surface area contributed by atoms with Gasteiger partial charge in [0.05, 0.1) is 0 Å². The van der Waals surface area contributed by atoms with Gasteiger partial charge in [0, 0.05) is 12.0 Å². The number of carbonyl (C=O) groups excluding carboxylic acids is 1. The molecule has 0 N–H and O–H groups in total. The summed E-state index contributed by atoms with van der Waals surface area (Å²) in [5.41, 5.74) is -0.173. The second kappa shape index (κ2) is 4.92. The third kappa shape index (κ3) is 3.79. The van der Waals surface area contributed by atoms with Gasteiger partial charge in [0.1, 0.15) is 6.29 Å². The first kappa shape index (κ1) is 11.7. The third-order valence-corrected chi connectivity index (χ3v) is 3.06.